The molecular formula is C25H21BrN2O3S. The standard InChI is InChI=1S/C25H21BrN2O3S/c26-17-9-7-16(8-10-17)21-12-11-19(31-21)15-28-25-23(20-5-1-2-6-22(20)32-25)24(29)27-14-18-4-3-13-30-18/h3-4,7-13,15H,1-2,5-6,14H2,(H,27,29)/b28-15-. The molecule has 0 radical (unpaired) electrons. The quantitative estimate of drug-likeness (QED) is 0.287. The van der Waals surface area contributed by atoms with E-state index in [1.807, 2.05) is 48.5 Å². The second-order valence-corrected chi connectivity index (χ2v) is 9.62. The molecular weight excluding hydrogens is 488 g/mol. The summed E-state index contributed by atoms with van der Waals surface area (Å²) in [6, 6.07) is 15.5. The number of benzene rings is 1. The van der Waals surface area contributed by atoms with Gasteiger partial charge in [0, 0.05) is 14.9 Å². The summed E-state index contributed by atoms with van der Waals surface area (Å²) in [5.41, 5.74) is 2.82. The first-order chi connectivity index (χ1) is 15.7. The lowest BCUT2D eigenvalue weighted by atomic mass is 9.95. The molecule has 0 spiro atoms. The summed E-state index contributed by atoms with van der Waals surface area (Å²) in [4.78, 5) is 19.0. The van der Waals surface area contributed by atoms with Gasteiger partial charge in [-0.2, -0.15) is 0 Å². The molecule has 162 valence electrons. The highest BCUT2D eigenvalue weighted by atomic mass is 79.9. The van der Waals surface area contributed by atoms with Crippen molar-refractivity contribution in [3.63, 3.8) is 0 Å². The Hall–Kier alpha value is -2.90. The maximum atomic E-state index is 13.1. The van der Waals surface area contributed by atoms with Crippen LogP contribution in [0, 0.1) is 0 Å². The van der Waals surface area contributed by atoms with E-state index < -0.39 is 0 Å². The topological polar surface area (TPSA) is 67.7 Å². The molecule has 1 amide bonds. The van der Waals surface area contributed by atoms with Crippen LogP contribution in [0.15, 0.2) is 73.1 Å². The number of halogens is 1. The van der Waals surface area contributed by atoms with Crippen molar-refractivity contribution >= 4 is 44.4 Å². The fourth-order valence-corrected chi connectivity index (χ4v) is 5.35. The highest BCUT2D eigenvalue weighted by Gasteiger charge is 2.25. The van der Waals surface area contributed by atoms with Crippen molar-refractivity contribution in [2.24, 2.45) is 4.99 Å². The summed E-state index contributed by atoms with van der Waals surface area (Å²) in [6.07, 6.45) is 7.47. The van der Waals surface area contributed by atoms with Gasteiger partial charge in [0.1, 0.15) is 22.3 Å². The van der Waals surface area contributed by atoms with Gasteiger partial charge in [-0.05, 0) is 67.6 Å². The maximum absolute atomic E-state index is 13.1. The number of rotatable bonds is 6. The fraction of sp³-hybridized carbons (Fsp3) is 0.200. The molecule has 1 N–H and O–H groups in total. The van der Waals surface area contributed by atoms with E-state index in [-0.39, 0.29) is 5.91 Å². The van der Waals surface area contributed by atoms with Crippen LogP contribution in [-0.2, 0) is 19.4 Å². The number of aliphatic imine (C=N–C) groups is 1. The molecule has 0 aliphatic heterocycles. The predicted molar refractivity (Wildman–Crippen MR) is 130 cm³/mol. The molecule has 5 nitrogen and oxygen atoms in total. The van der Waals surface area contributed by atoms with Crippen LogP contribution < -0.4 is 5.32 Å². The second-order valence-electron chi connectivity index (χ2n) is 7.62. The van der Waals surface area contributed by atoms with E-state index >= 15 is 0 Å². The summed E-state index contributed by atoms with van der Waals surface area (Å²) in [5.74, 6) is 2.04. The third-order valence-corrected chi connectivity index (χ3v) is 7.18. The molecule has 4 aromatic rings. The monoisotopic (exact) mass is 508 g/mol. The van der Waals surface area contributed by atoms with Crippen LogP contribution in [0.2, 0.25) is 0 Å². The number of nitrogens with zero attached hydrogens (tertiary/aromatic N) is 1. The summed E-state index contributed by atoms with van der Waals surface area (Å²) in [6.45, 7) is 0.355. The number of carbonyl (C=O) groups is 1. The van der Waals surface area contributed by atoms with Crippen molar-refractivity contribution in [2.75, 3.05) is 0 Å². The van der Waals surface area contributed by atoms with Gasteiger partial charge in [-0.15, -0.1) is 11.3 Å². The SMILES string of the molecule is O=C(NCc1ccco1)c1c(/N=C\c2ccc(-c3ccc(Br)cc3)o2)sc2c1CCCC2. The third-order valence-electron chi connectivity index (χ3n) is 5.45. The molecule has 3 aromatic heterocycles. The summed E-state index contributed by atoms with van der Waals surface area (Å²) in [7, 11) is 0. The molecule has 0 fully saturated rings. The number of nitrogens with one attached hydrogen (secondary N) is 1. The summed E-state index contributed by atoms with van der Waals surface area (Å²) in [5, 5.41) is 3.71. The van der Waals surface area contributed by atoms with Gasteiger partial charge in [0.15, 0.2) is 0 Å². The smallest absolute Gasteiger partial charge is 0.255 e. The van der Waals surface area contributed by atoms with Crippen LogP contribution in [0.5, 0.6) is 0 Å². The lowest BCUT2D eigenvalue weighted by Crippen LogP contribution is -2.23. The van der Waals surface area contributed by atoms with Gasteiger partial charge in [0.2, 0.25) is 0 Å². The Balaban J connectivity index is 1.39. The Morgan fingerprint density at radius 3 is 2.78 bits per heavy atom. The van der Waals surface area contributed by atoms with Crippen LogP contribution in [0.25, 0.3) is 11.3 Å². The number of furan rings is 2. The largest absolute Gasteiger partial charge is 0.467 e. The second kappa shape index (κ2) is 9.30. The van der Waals surface area contributed by atoms with Gasteiger partial charge in [0.05, 0.1) is 24.6 Å². The average molecular weight is 509 g/mol. The molecule has 0 saturated carbocycles. The number of carbonyl (C=O) groups excluding carboxylic acids is 1. The molecule has 0 bridgehead atoms. The zero-order valence-electron chi connectivity index (χ0n) is 17.3. The molecule has 1 aliphatic carbocycles. The van der Waals surface area contributed by atoms with E-state index in [0.717, 1.165) is 57.8 Å². The Morgan fingerprint density at radius 2 is 1.97 bits per heavy atom. The average Bonchev–Trinajstić information content (AvgIpc) is 3.56. The summed E-state index contributed by atoms with van der Waals surface area (Å²) < 4.78 is 12.3. The number of amides is 1. The van der Waals surface area contributed by atoms with Crippen molar-refractivity contribution in [1.82, 2.24) is 5.32 Å². The van der Waals surface area contributed by atoms with Crippen molar-refractivity contribution in [3.8, 4) is 11.3 Å². The minimum absolute atomic E-state index is 0.108. The van der Waals surface area contributed by atoms with E-state index in [4.69, 9.17) is 8.83 Å². The Bertz CT molecular complexity index is 1250. The number of aryl methyl sites for hydroxylation is 1. The zero-order valence-corrected chi connectivity index (χ0v) is 19.7. The van der Waals surface area contributed by atoms with E-state index in [0.29, 0.717) is 17.9 Å². The molecule has 0 saturated heterocycles. The van der Waals surface area contributed by atoms with Crippen molar-refractivity contribution in [2.45, 2.75) is 32.2 Å². The number of fused-ring (bicyclic) bond motifs is 1. The number of thiophene rings is 1. The molecule has 1 aliphatic rings. The lowest BCUT2D eigenvalue weighted by Gasteiger charge is -2.12. The minimum atomic E-state index is -0.108. The molecule has 7 heteroatoms. The predicted octanol–water partition coefficient (Wildman–Crippen LogP) is 6.92. The van der Waals surface area contributed by atoms with E-state index in [9.17, 15) is 4.79 Å². The van der Waals surface area contributed by atoms with E-state index in [1.165, 1.54) is 4.88 Å². The first kappa shape index (κ1) is 21.0. The number of hydrogen-bond donors (Lipinski definition) is 1. The van der Waals surface area contributed by atoms with Gasteiger partial charge < -0.3 is 14.2 Å². The van der Waals surface area contributed by atoms with Gasteiger partial charge in [0.25, 0.3) is 5.91 Å². The van der Waals surface area contributed by atoms with E-state index in [1.54, 1.807) is 23.8 Å². The Morgan fingerprint density at radius 1 is 1.12 bits per heavy atom. The summed E-state index contributed by atoms with van der Waals surface area (Å²) >= 11 is 5.06. The lowest BCUT2D eigenvalue weighted by molar-refractivity contribution is 0.0948. The van der Waals surface area contributed by atoms with Gasteiger partial charge in [-0.25, -0.2) is 4.99 Å². The molecule has 0 unspecified atom stereocenters. The maximum Gasteiger partial charge on any atom is 0.255 e. The van der Waals surface area contributed by atoms with Crippen LogP contribution in [-0.4, -0.2) is 12.1 Å². The van der Waals surface area contributed by atoms with Crippen LogP contribution >= 0.6 is 27.3 Å². The van der Waals surface area contributed by atoms with Crippen LogP contribution in [0.3, 0.4) is 0 Å². The molecule has 3 heterocycles. The first-order valence-corrected chi connectivity index (χ1v) is 12.1. The highest BCUT2D eigenvalue weighted by Crippen LogP contribution is 2.40. The van der Waals surface area contributed by atoms with Crippen molar-refractivity contribution < 1.29 is 13.6 Å². The molecule has 0 atom stereocenters. The van der Waals surface area contributed by atoms with Gasteiger partial charge in [-0.1, -0.05) is 28.1 Å². The number of hydrogen-bond acceptors (Lipinski definition) is 5. The Labute approximate surface area is 198 Å². The Kier molecular flexibility index (Phi) is 6.10. The van der Waals surface area contributed by atoms with Crippen molar-refractivity contribution in [1.29, 1.82) is 0 Å². The minimum Gasteiger partial charge on any atom is -0.467 e. The fourth-order valence-electron chi connectivity index (χ4n) is 3.86. The van der Waals surface area contributed by atoms with Crippen LogP contribution in [0.1, 0.15) is 45.2 Å². The van der Waals surface area contributed by atoms with E-state index in [2.05, 4.69) is 26.2 Å². The van der Waals surface area contributed by atoms with Gasteiger partial charge >= 0.3 is 0 Å². The molecule has 1 aromatic carbocycles. The van der Waals surface area contributed by atoms with Gasteiger partial charge in [-0.3, -0.25) is 4.79 Å². The van der Waals surface area contributed by atoms with Crippen LogP contribution in [0.4, 0.5) is 5.00 Å². The normalized spacial score (nSPS) is 13.4. The third kappa shape index (κ3) is 4.49. The molecule has 5 rings (SSSR count). The first-order valence-electron chi connectivity index (χ1n) is 10.5. The highest BCUT2D eigenvalue weighted by molar-refractivity contribution is 9.10. The molecule has 32 heavy (non-hydrogen) atoms. The van der Waals surface area contributed by atoms with Crippen molar-refractivity contribution in [3.05, 3.63) is 86.8 Å². The zero-order chi connectivity index (χ0) is 21.9.